The van der Waals surface area contributed by atoms with Gasteiger partial charge >= 0.3 is 0 Å². The van der Waals surface area contributed by atoms with E-state index in [4.69, 9.17) is 40.6 Å². The van der Waals surface area contributed by atoms with Gasteiger partial charge in [0, 0.05) is 19.2 Å². The lowest BCUT2D eigenvalue weighted by Gasteiger charge is -2.17. The first-order chi connectivity index (χ1) is 9.97. The van der Waals surface area contributed by atoms with Gasteiger partial charge in [0.25, 0.3) is 0 Å². The molecular weight excluding hydrogens is 333 g/mol. The minimum absolute atomic E-state index is 0.284. The van der Waals surface area contributed by atoms with Gasteiger partial charge in [-0.15, -0.1) is 0 Å². The van der Waals surface area contributed by atoms with E-state index in [-0.39, 0.29) is 6.04 Å². The molecule has 3 N–H and O–H groups in total. The number of halogens is 3. The molecule has 0 aliphatic rings. The van der Waals surface area contributed by atoms with Gasteiger partial charge < -0.3 is 0 Å². The van der Waals surface area contributed by atoms with E-state index in [0.29, 0.717) is 27.2 Å². The molecule has 114 valence electrons. The molecule has 0 aliphatic carbocycles. The van der Waals surface area contributed by atoms with Crippen molar-refractivity contribution in [2.75, 3.05) is 0 Å². The molecule has 0 bridgehead atoms. The number of nitrogens with two attached hydrogens (primary N) is 1. The normalized spacial score (nSPS) is 12.7. The Morgan fingerprint density at radius 1 is 1.38 bits per heavy atom. The molecule has 2 rings (SSSR count). The number of hydrogen-bond donors (Lipinski definition) is 2. The fourth-order valence-corrected chi connectivity index (χ4v) is 2.90. The van der Waals surface area contributed by atoms with Crippen molar-refractivity contribution in [1.29, 1.82) is 0 Å². The van der Waals surface area contributed by atoms with Crippen LogP contribution in [0.5, 0.6) is 0 Å². The number of nitrogens with one attached hydrogen (secondary N) is 1. The number of aryl methyl sites for hydroxylation is 2. The van der Waals surface area contributed by atoms with Crippen molar-refractivity contribution in [3.8, 4) is 0 Å². The molecule has 1 unspecified atom stereocenters. The lowest BCUT2D eigenvalue weighted by atomic mass is 10.1. The van der Waals surface area contributed by atoms with Crippen molar-refractivity contribution in [3.05, 3.63) is 44.4 Å². The molecule has 0 amide bonds. The van der Waals surface area contributed by atoms with Crippen molar-refractivity contribution in [3.63, 3.8) is 0 Å². The summed E-state index contributed by atoms with van der Waals surface area (Å²) in [6, 6.07) is 1.36. The molecule has 5 nitrogen and oxygen atoms in total. The highest BCUT2D eigenvalue weighted by Crippen LogP contribution is 2.29. The molecule has 21 heavy (non-hydrogen) atoms. The second-order valence-electron chi connectivity index (χ2n) is 4.61. The summed E-state index contributed by atoms with van der Waals surface area (Å²) in [5.41, 5.74) is 5.04. The third kappa shape index (κ3) is 3.49. The Morgan fingerprint density at radius 2 is 2.10 bits per heavy atom. The van der Waals surface area contributed by atoms with Gasteiger partial charge in [-0.3, -0.25) is 20.9 Å². The van der Waals surface area contributed by atoms with Crippen LogP contribution in [0.2, 0.25) is 15.1 Å². The number of rotatable bonds is 5. The summed E-state index contributed by atoms with van der Waals surface area (Å²) in [6.45, 7) is 4.60. The molecule has 0 saturated heterocycles. The SMILES string of the molecule is CCn1nc(C)c(Cl)c1CC(NN)c1ncc(Cl)cc1Cl. The molecule has 0 fully saturated rings. The maximum absolute atomic E-state index is 6.32. The van der Waals surface area contributed by atoms with Crippen LogP contribution in [-0.4, -0.2) is 14.8 Å². The number of aromatic nitrogens is 3. The van der Waals surface area contributed by atoms with Gasteiger partial charge in [0.1, 0.15) is 0 Å². The summed E-state index contributed by atoms with van der Waals surface area (Å²) in [7, 11) is 0. The van der Waals surface area contributed by atoms with Crippen LogP contribution in [0.25, 0.3) is 0 Å². The van der Waals surface area contributed by atoms with Crippen molar-refractivity contribution in [2.24, 2.45) is 5.84 Å². The largest absolute Gasteiger partial charge is 0.271 e. The van der Waals surface area contributed by atoms with Crippen molar-refractivity contribution in [2.45, 2.75) is 32.9 Å². The molecule has 0 radical (unpaired) electrons. The number of hydrogen-bond acceptors (Lipinski definition) is 4. The fraction of sp³-hybridized carbons (Fsp3) is 0.385. The molecule has 8 heteroatoms. The Morgan fingerprint density at radius 3 is 2.67 bits per heavy atom. The van der Waals surface area contributed by atoms with E-state index < -0.39 is 0 Å². The van der Waals surface area contributed by atoms with Crippen LogP contribution in [0.15, 0.2) is 12.3 Å². The molecule has 0 saturated carbocycles. The van der Waals surface area contributed by atoms with E-state index in [9.17, 15) is 0 Å². The zero-order chi connectivity index (χ0) is 15.6. The van der Waals surface area contributed by atoms with Crippen LogP contribution in [0.3, 0.4) is 0 Å². The highest BCUT2D eigenvalue weighted by atomic mass is 35.5. The van der Waals surface area contributed by atoms with Crippen LogP contribution in [0, 0.1) is 6.92 Å². The summed E-state index contributed by atoms with van der Waals surface area (Å²) < 4.78 is 1.85. The summed E-state index contributed by atoms with van der Waals surface area (Å²) in [6.07, 6.45) is 2.06. The van der Waals surface area contributed by atoms with E-state index in [1.807, 2.05) is 18.5 Å². The molecule has 1 atom stereocenters. The molecule has 0 aromatic carbocycles. The van der Waals surface area contributed by atoms with Crippen LogP contribution in [0.4, 0.5) is 0 Å². The minimum Gasteiger partial charge on any atom is -0.271 e. The second-order valence-corrected chi connectivity index (χ2v) is 5.83. The summed E-state index contributed by atoms with van der Waals surface area (Å²) in [4.78, 5) is 4.26. The quantitative estimate of drug-likeness (QED) is 0.642. The van der Waals surface area contributed by atoms with Crippen LogP contribution >= 0.6 is 34.8 Å². The molecule has 2 heterocycles. The maximum atomic E-state index is 6.32. The van der Waals surface area contributed by atoms with E-state index >= 15 is 0 Å². The smallest absolute Gasteiger partial charge is 0.0847 e. The van der Waals surface area contributed by atoms with Crippen molar-refractivity contribution in [1.82, 2.24) is 20.2 Å². The molecule has 2 aromatic heterocycles. The lowest BCUT2D eigenvalue weighted by molar-refractivity contribution is 0.507. The van der Waals surface area contributed by atoms with Gasteiger partial charge in [0.05, 0.1) is 38.2 Å². The topological polar surface area (TPSA) is 68.8 Å². The Labute approximate surface area is 138 Å². The highest BCUT2D eigenvalue weighted by molar-refractivity contribution is 6.34. The van der Waals surface area contributed by atoms with Crippen LogP contribution < -0.4 is 11.3 Å². The Balaban J connectivity index is 2.35. The van der Waals surface area contributed by atoms with Gasteiger partial charge in [-0.2, -0.15) is 5.10 Å². The van der Waals surface area contributed by atoms with Gasteiger partial charge in [0.2, 0.25) is 0 Å². The van der Waals surface area contributed by atoms with Crippen molar-refractivity contribution < 1.29 is 0 Å². The highest BCUT2D eigenvalue weighted by Gasteiger charge is 2.21. The van der Waals surface area contributed by atoms with Gasteiger partial charge in [0.15, 0.2) is 0 Å². The standard InChI is InChI=1S/C13H16Cl3N5/c1-3-21-11(12(16)7(2)20-21)5-10(19-17)13-9(15)4-8(14)6-18-13/h4,6,10,19H,3,5,17H2,1-2H3. The summed E-state index contributed by atoms with van der Waals surface area (Å²) >= 11 is 18.4. The van der Waals surface area contributed by atoms with Gasteiger partial charge in [-0.1, -0.05) is 34.8 Å². The Hall–Kier alpha value is -0.850. The summed E-state index contributed by atoms with van der Waals surface area (Å²) in [5.74, 6) is 5.65. The zero-order valence-corrected chi connectivity index (χ0v) is 14.0. The molecule has 2 aromatic rings. The lowest BCUT2D eigenvalue weighted by Crippen LogP contribution is -2.31. The summed E-state index contributed by atoms with van der Waals surface area (Å²) in [5, 5.41) is 5.97. The van der Waals surface area contributed by atoms with Crippen LogP contribution in [0.1, 0.15) is 30.0 Å². The Kier molecular flexibility index (Phi) is 5.46. The van der Waals surface area contributed by atoms with E-state index in [2.05, 4.69) is 15.5 Å². The van der Waals surface area contributed by atoms with E-state index in [0.717, 1.165) is 17.9 Å². The predicted molar refractivity (Wildman–Crippen MR) is 85.7 cm³/mol. The molecule has 0 aliphatic heterocycles. The number of pyridine rings is 1. The van der Waals surface area contributed by atoms with E-state index in [1.54, 1.807) is 6.07 Å². The average molecular weight is 349 g/mol. The van der Waals surface area contributed by atoms with Crippen molar-refractivity contribution >= 4 is 34.8 Å². The van der Waals surface area contributed by atoms with E-state index in [1.165, 1.54) is 6.20 Å². The number of hydrazine groups is 1. The third-order valence-electron chi connectivity index (χ3n) is 3.22. The van der Waals surface area contributed by atoms with Gasteiger partial charge in [-0.05, 0) is 19.9 Å². The maximum Gasteiger partial charge on any atom is 0.0847 e. The minimum atomic E-state index is -0.284. The third-order valence-corrected chi connectivity index (χ3v) is 4.22. The first kappa shape index (κ1) is 16.5. The Bertz CT molecular complexity index is 641. The second kappa shape index (κ2) is 6.94. The predicted octanol–water partition coefficient (Wildman–Crippen LogP) is 3.31. The van der Waals surface area contributed by atoms with Gasteiger partial charge in [-0.25, -0.2) is 0 Å². The first-order valence-corrected chi connectivity index (χ1v) is 7.60. The van der Waals surface area contributed by atoms with Crippen LogP contribution in [-0.2, 0) is 13.0 Å². The monoisotopic (exact) mass is 347 g/mol. The zero-order valence-electron chi connectivity index (χ0n) is 11.7. The molecular formula is C13H16Cl3N5. The fourth-order valence-electron chi connectivity index (χ4n) is 2.17. The average Bonchev–Trinajstić information content (AvgIpc) is 2.72. The first-order valence-electron chi connectivity index (χ1n) is 6.46. The molecule has 0 spiro atoms. The number of nitrogens with zero attached hydrogens (tertiary/aromatic N) is 3.